The molecule has 5 saturated carbocycles. The summed E-state index contributed by atoms with van der Waals surface area (Å²) in [5, 5.41) is 75.3. The highest BCUT2D eigenvalue weighted by atomic mass is 16.8. The predicted octanol–water partition coefficient (Wildman–Crippen LogP) is 1.67. The number of hydrogen-bond acceptors (Lipinski definition) is 16. The average molecular weight is 881 g/mol. The topological polar surface area (TPSA) is 236 Å². The highest BCUT2D eigenvalue weighted by Crippen LogP contribution is 2.83. The van der Waals surface area contributed by atoms with Gasteiger partial charge in [-0.05, 0) is 98.2 Å². The molecule has 24 atom stereocenters. The van der Waals surface area contributed by atoms with Gasteiger partial charge in [-0.3, -0.25) is 4.79 Å². The molecular weight excluding hydrogens is 808 g/mol. The average Bonchev–Trinajstić information content (AvgIpc) is 3.97. The van der Waals surface area contributed by atoms with Crippen LogP contribution in [0.4, 0.5) is 0 Å². The van der Waals surface area contributed by atoms with Gasteiger partial charge in [0.05, 0.1) is 36.9 Å². The fourth-order valence-electron chi connectivity index (χ4n) is 16.0. The molecule has 24 unspecified atom stereocenters. The maximum absolute atomic E-state index is 14.2. The monoisotopic (exact) mass is 880 g/mol. The van der Waals surface area contributed by atoms with Crippen molar-refractivity contribution in [3.8, 4) is 0 Å². The SMILES string of the molecule is CC1OC(OC2C(OC3CCC4(C)C(CCC5(C)C4C4OC4C46OC(=O)C7(CCC(C)(C)CC74)CCC56C)C3(C)C)OCC(O)C2O)C(O)C(OC2OCC(O)C(O)C2O)C1O. The van der Waals surface area contributed by atoms with Crippen LogP contribution in [0.2, 0.25) is 0 Å². The molecule has 10 rings (SSSR count). The fraction of sp³-hybridized carbons (Fsp3) is 0.978. The first-order valence-electron chi connectivity index (χ1n) is 23.5. The molecule has 16 nitrogen and oxygen atoms in total. The summed E-state index contributed by atoms with van der Waals surface area (Å²) in [6.45, 7) is 17.5. The van der Waals surface area contributed by atoms with Crippen LogP contribution >= 0.6 is 0 Å². The summed E-state index contributed by atoms with van der Waals surface area (Å²) in [6, 6.07) is 0. The van der Waals surface area contributed by atoms with Crippen LogP contribution in [-0.4, -0.2) is 159 Å². The molecule has 5 saturated heterocycles. The van der Waals surface area contributed by atoms with Crippen molar-refractivity contribution in [3.63, 3.8) is 0 Å². The molecule has 16 heteroatoms. The lowest BCUT2D eigenvalue weighted by atomic mass is 9.31. The van der Waals surface area contributed by atoms with Gasteiger partial charge in [-0.2, -0.15) is 0 Å². The van der Waals surface area contributed by atoms with Crippen molar-refractivity contribution in [2.75, 3.05) is 13.2 Å². The molecule has 1 spiro atoms. The summed E-state index contributed by atoms with van der Waals surface area (Å²) < 4.78 is 50.2. The van der Waals surface area contributed by atoms with Crippen LogP contribution in [0.1, 0.15) is 113 Å². The molecule has 10 fully saturated rings. The second kappa shape index (κ2) is 14.5. The Morgan fingerprint density at radius 3 is 2.02 bits per heavy atom. The molecule has 0 aromatic rings. The number of aliphatic hydroxyl groups is 7. The Kier molecular flexibility index (Phi) is 10.4. The van der Waals surface area contributed by atoms with E-state index in [0.29, 0.717) is 6.42 Å². The molecule has 5 aliphatic heterocycles. The second-order valence-electron chi connectivity index (χ2n) is 23.5. The van der Waals surface area contributed by atoms with Crippen molar-refractivity contribution in [3.05, 3.63) is 0 Å². The summed E-state index contributed by atoms with van der Waals surface area (Å²) in [5.74, 6) is 0.624. The Morgan fingerprint density at radius 1 is 0.629 bits per heavy atom. The molecule has 5 aliphatic carbocycles. The van der Waals surface area contributed by atoms with Gasteiger partial charge in [-0.15, -0.1) is 0 Å². The molecule has 352 valence electrons. The summed E-state index contributed by atoms with van der Waals surface area (Å²) in [7, 11) is 0. The Hall–Kier alpha value is -1.09. The van der Waals surface area contributed by atoms with Crippen LogP contribution in [0, 0.1) is 50.2 Å². The van der Waals surface area contributed by atoms with Crippen LogP contribution < -0.4 is 0 Å². The van der Waals surface area contributed by atoms with E-state index in [1.54, 1.807) is 0 Å². The number of carbonyl (C=O) groups is 1. The van der Waals surface area contributed by atoms with Crippen molar-refractivity contribution in [2.24, 2.45) is 50.2 Å². The number of aliphatic hydroxyl groups excluding tert-OH is 7. The van der Waals surface area contributed by atoms with Crippen molar-refractivity contribution >= 4 is 5.97 Å². The molecule has 0 aromatic heterocycles. The van der Waals surface area contributed by atoms with Crippen molar-refractivity contribution in [2.45, 2.75) is 217 Å². The van der Waals surface area contributed by atoms with Gasteiger partial charge in [-0.25, -0.2) is 0 Å². The van der Waals surface area contributed by atoms with Gasteiger partial charge in [0.15, 0.2) is 24.5 Å². The largest absolute Gasteiger partial charge is 0.455 e. The number of epoxide rings is 1. The molecule has 5 heterocycles. The zero-order chi connectivity index (χ0) is 44.5. The third kappa shape index (κ3) is 5.91. The zero-order valence-corrected chi connectivity index (χ0v) is 37.6. The van der Waals surface area contributed by atoms with Gasteiger partial charge < -0.3 is 73.6 Å². The Morgan fingerprint density at radius 2 is 1.29 bits per heavy atom. The van der Waals surface area contributed by atoms with Gasteiger partial charge in [-0.1, -0.05) is 48.5 Å². The minimum absolute atomic E-state index is 0.00258. The van der Waals surface area contributed by atoms with Crippen molar-refractivity contribution in [1.82, 2.24) is 0 Å². The van der Waals surface area contributed by atoms with Gasteiger partial charge in [0, 0.05) is 11.3 Å². The van der Waals surface area contributed by atoms with Crippen LogP contribution in [0.3, 0.4) is 0 Å². The molecule has 7 N–H and O–H groups in total. The van der Waals surface area contributed by atoms with E-state index in [1.165, 1.54) is 6.92 Å². The van der Waals surface area contributed by atoms with E-state index in [1.807, 2.05) is 0 Å². The van der Waals surface area contributed by atoms with Crippen molar-refractivity contribution < 1.29 is 78.4 Å². The number of fused-ring (bicyclic) bond motifs is 6. The standard InChI is InChI=1S/C46H72O16/c1-20-26(49)31(60-36-29(52)27(50)21(47)18-55-36)30(53)37(57-20)61-32-28(51)22(48)19-56-38(32)58-25-10-11-42(6)23(41(25,4)5)9-12-43(7)34(42)33-35(59-33)46-24-17-40(2,3)13-15-45(24,39(54)62-46)16-14-44(43,46)8/h20-38,47-53H,9-19H2,1-8H3. The summed E-state index contributed by atoms with van der Waals surface area (Å²) >= 11 is 0. The first-order valence-corrected chi connectivity index (χ1v) is 23.5. The first-order chi connectivity index (χ1) is 29.0. The predicted molar refractivity (Wildman–Crippen MR) is 214 cm³/mol. The Balaban J connectivity index is 0.879. The highest BCUT2D eigenvalue weighted by molar-refractivity contribution is 5.82. The maximum Gasteiger partial charge on any atom is 0.313 e. The summed E-state index contributed by atoms with van der Waals surface area (Å²) in [6.07, 6.45) is -10.8. The van der Waals surface area contributed by atoms with E-state index >= 15 is 0 Å². The lowest BCUT2D eigenvalue weighted by Gasteiger charge is -2.72. The maximum atomic E-state index is 14.2. The minimum atomic E-state index is -1.70. The summed E-state index contributed by atoms with van der Waals surface area (Å²) in [5.41, 5.74) is -1.81. The van der Waals surface area contributed by atoms with Crippen LogP contribution in [0.5, 0.6) is 0 Å². The molecule has 0 radical (unpaired) electrons. The lowest BCUT2D eigenvalue weighted by molar-refractivity contribution is -0.378. The molecule has 62 heavy (non-hydrogen) atoms. The zero-order valence-electron chi connectivity index (χ0n) is 37.6. The Labute approximate surface area is 364 Å². The van der Waals surface area contributed by atoms with E-state index in [-0.39, 0.29) is 76.9 Å². The van der Waals surface area contributed by atoms with Crippen LogP contribution in [0.15, 0.2) is 0 Å². The highest BCUT2D eigenvalue weighted by Gasteiger charge is 2.89. The number of rotatable bonds is 6. The van der Waals surface area contributed by atoms with E-state index < -0.39 is 96.3 Å². The third-order valence-corrected chi connectivity index (χ3v) is 19.7. The van der Waals surface area contributed by atoms with Crippen LogP contribution in [0.25, 0.3) is 0 Å². The normalized spacial score (nSPS) is 59.7. The quantitative estimate of drug-likeness (QED) is 0.114. The summed E-state index contributed by atoms with van der Waals surface area (Å²) in [4.78, 5) is 14.2. The number of ether oxygens (including phenoxy) is 8. The van der Waals surface area contributed by atoms with E-state index in [0.717, 1.165) is 51.4 Å². The van der Waals surface area contributed by atoms with E-state index in [9.17, 15) is 40.5 Å². The van der Waals surface area contributed by atoms with E-state index in [4.69, 9.17) is 37.9 Å². The van der Waals surface area contributed by atoms with Gasteiger partial charge in [0.25, 0.3) is 0 Å². The fourth-order valence-corrected chi connectivity index (χ4v) is 16.0. The smallest absolute Gasteiger partial charge is 0.313 e. The number of carbonyl (C=O) groups excluding carboxylic acids is 1. The van der Waals surface area contributed by atoms with Gasteiger partial charge in [0.1, 0.15) is 61.0 Å². The minimum Gasteiger partial charge on any atom is -0.455 e. The third-order valence-electron chi connectivity index (χ3n) is 19.7. The van der Waals surface area contributed by atoms with Crippen LogP contribution in [-0.2, 0) is 42.7 Å². The molecule has 2 bridgehead atoms. The number of esters is 1. The molecular formula is C46H72O16. The molecule has 10 aliphatic rings. The Bertz CT molecular complexity index is 1760. The molecule has 0 amide bonds. The number of hydrogen-bond donors (Lipinski definition) is 7. The second-order valence-corrected chi connectivity index (χ2v) is 23.5. The van der Waals surface area contributed by atoms with Gasteiger partial charge >= 0.3 is 5.97 Å². The first kappa shape index (κ1) is 44.7. The van der Waals surface area contributed by atoms with Gasteiger partial charge in [0.2, 0.25) is 0 Å². The van der Waals surface area contributed by atoms with E-state index in [2.05, 4.69) is 48.5 Å². The van der Waals surface area contributed by atoms with Crippen molar-refractivity contribution in [1.29, 1.82) is 0 Å². The molecule has 0 aromatic carbocycles. The lowest BCUT2D eigenvalue weighted by Crippen LogP contribution is -2.75.